The number of hydrogen-bond acceptors (Lipinski definition) is 9. The Hall–Kier alpha value is -2.40. The molecule has 0 N–H and O–H groups in total. The number of nitrogens with zero attached hydrogens (tertiary/aromatic N) is 8. The van der Waals surface area contributed by atoms with Crippen LogP contribution in [0.3, 0.4) is 0 Å². The normalized spacial score (nSPS) is 21.9. The molecule has 10 nitrogen and oxygen atoms in total. The van der Waals surface area contributed by atoms with Crippen molar-refractivity contribution in [1.82, 2.24) is 29.6 Å². The van der Waals surface area contributed by atoms with E-state index in [4.69, 9.17) is 4.74 Å². The lowest BCUT2D eigenvalue weighted by Crippen LogP contribution is -2.49. The van der Waals surface area contributed by atoms with Gasteiger partial charge in [0, 0.05) is 58.3 Å². The monoisotopic (exact) mass is 486 g/mol. The molecule has 184 valence electrons. The first-order chi connectivity index (χ1) is 16.7. The fourth-order valence-corrected chi connectivity index (χ4v) is 5.66. The molecule has 2 aromatic heterocycles. The zero-order chi connectivity index (χ0) is 23.3. The summed E-state index contributed by atoms with van der Waals surface area (Å²) in [5.41, 5.74) is 0. The van der Waals surface area contributed by atoms with Gasteiger partial charge in [0.2, 0.25) is 17.8 Å². The standard InChI is InChI=1S/C23H34N8O2S/c1-18-5-9-30(10-6-18)22-26-27-23(31(22)16-19-4-2-15-33-19)34-17-20(32)28-11-13-29(14-12-28)21-24-7-3-8-25-21/h3,7-8,18-19H,2,4-6,9-17H2,1H3. The van der Waals surface area contributed by atoms with Crippen LogP contribution in [0.15, 0.2) is 23.6 Å². The predicted molar refractivity (Wildman–Crippen MR) is 131 cm³/mol. The Kier molecular flexibility index (Phi) is 7.48. The molecule has 3 saturated heterocycles. The summed E-state index contributed by atoms with van der Waals surface area (Å²) in [6, 6.07) is 1.81. The minimum Gasteiger partial charge on any atom is -0.376 e. The van der Waals surface area contributed by atoms with Gasteiger partial charge in [-0.15, -0.1) is 10.2 Å². The Labute approximate surface area is 205 Å². The Morgan fingerprint density at radius 2 is 1.79 bits per heavy atom. The summed E-state index contributed by atoms with van der Waals surface area (Å²) < 4.78 is 8.10. The lowest BCUT2D eigenvalue weighted by Gasteiger charge is -2.34. The number of piperazine rings is 1. The third-order valence-corrected chi connectivity index (χ3v) is 7.92. The van der Waals surface area contributed by atoms with Crippen LogP contribution in [-0.2, 0) is 16.1 Å². The largest absolute Gasteiger partial charge is 0.376 e. The van der Waals surface area contributed by atoms with Crippen LogP contribution in [-0.4, -0.2) is 93.3 Å². The van der Waals surface area contributed by atoms with E-state index in [1.807, 2.05) is 11.0 Å². The maximum atomic E-state index is 13.0. The lowest BCUT2D eigenvalue weighted by molar-refractivity contribution is -0.128. The number of amides is 1. The summed E-state index contributed by atoms with van der Waals surface area (Å²) in [6.07, 6.45) is 8.21. The molecule has 3 fully saturated rings. The summed E-state index contributed by atoms with van der Waals surface area (Å²) in [5.74, 6) is 2.91. The lowest BCUT2D eigenvalue weighted by atomic mass is 10.00. The Balaban J connectivity index is 1.20. The molecule has 1 unspecified atom stereocenters. The summed E-state index contributed by atoms with van der Waals surface area (Å²) in [4.78, 5) is 28.0. The second-order valence-corrected chi connectivity index (χ2v) is 10.3. The molecule has 11 heteroatoms. The molecular weight excluding hydrogens is 452 g/mol. The fraction of sp³-hybridized carbons (Fsp3) is 0.696. The van der Waals surface area contributed by atoms with Crippen molar-refractivity contribution in [1.29, 1.82) is 0 Å². The van der Waals surface area contributed by atoms with Gasteiger partial charge in [-0.25, -0.2) is 9.97 Å². The van der Waals surface area contributed by atoms with Crippen LogP contribution in [0.1, 0.15) is 32.6 Å². The van der Waals surface area contributed by atoms with E-state index in [0.717, 1.165) is 75.1 Å². The average molecular weight is 487 g/mol. The van der Waals surface area contributed by atoms with Gasteiger partial charge in [0.25, 0.3) is 0 Å². The average Bonchev–Trinajstić information content (AvgIpc) is 3.54. The van der Waals surface area contributed by atoms with Crippen LogP contribution < -0.4 is 9.80 Å². The molecule has 3 aliphatic heterocycles. The van der Waals surface area contributed by atoms with Crippen LogP contribution in [0.4, 0.5) is 11.9 Å². The van der Waals surface area contributed by atoms with Crippen molar-refractivity contribution in [3.05, 3.63) is 18.5 Å². The smallest absolute Gasteiger partial charge is 0.233 e. The number of anilines is 2. The summed E-state index contributed by atoms with van der Waals surface area (Å²) in [7, 11) is 0. The van der Waals surface area contributed by atoms with Crippen molar-refractivity contribution in [3.8, 4) is 0 Å². The molecule has 0 spiro atoms. The Morgan fingerprint density at radius 1 is 1.03 bits per heavy atom. The molecule has 0 aliphatic carbocycles. The van der Waals surface area contributed by atoms with Gasteiger partial charge < -0.3 is 19.4 Å². The van der Waals surface area contributed by atoms with Gasteiger partial charge >= 0.3 is 0 Å². The molecule has 0 saturated carbocycles. The summed E-state index contributed by atoms with van der Waals surface area (Å²) in [6.45, 7) is 8.74. The van der Waals surface area contributed by atoms with Crippen molar-refractivity contribution in [2.24, 2.45) is 5.92 Å². The van der Waals surface area contributed by atoms with Crippen LogP contribution >= 0.6 is 11.8 Å². The maximum absolute atomic E-state index is 13.0. The molecule has 1 atom stereocenters. The van der Waals surface area contributed by atoms with E-state index in [1.54, 1.807) is 12.4 Å². The topological polar surface area (TPSA) is 92.5 Å². The van der Waals surface area contributed by atoms with Gasteiger partial charge in [0.15, 0.2) is 5.16 Å². The number of carbonyl (C=O) groups is 1. The first-order valence-electron chi connectivity index (χ1n) is 12.4. The van der Waals surface area contributed by atoms with E-state index in [1.165, 1.54) is 24.6 Å². The first kappa shape index (κ1) is 23.3. The van der Waals surface area contributed by atoms with Crippen LogP contribution in [0.25, 0.3) is 0 Å². The van der Waals surface area contributed by atoms with Gasteiger partial charge in [0.05, 0.1) is 18.4 Å². The molecule has 2 aromatic rings. The molecular formula is C23H34N8O2S. The van der Waals surface area contributed by atoms with Crippen molar-refractivity contribution in [3.63, 3.8) is 0 Å². The highest BCUT2D eigenvalue weighted by molar-refractivity contribution is 7.99. The van der Waals surface area contributed by atoms with Gasteiger partial charge in [-0.3, -0.25) is 9.36 Å². The van der Waals surface area contributed by atoms with Gasteiger partial charge in [-0.1, -0.05) is 18.7 Å². The van der Waals surface area contributed by atoms with Crippen molar-refractivity contribution in [2.45, 2.75) is 50.4 Å². The highest BCUT2D eigenvalue weighted by Gasteiger charge is 2.27. The van der Waals surface area contributed by atoms with E-state index >= 15 is 0 Å². The highest BCUT2D eigenvalue weighted by Crippen LogP contribution is 2.28. The third-order valence-electron chi connectivity index (χ3n) is 6.97. The van der Waals surface area contributed by atoms with Crippen molar-refractivity contribution >= 4 is 29.6 Å². The zero-order valence-electron chi connectivity index (χ0n) is 19.9. The zero-order valence-corrected chi connectivity index (χ0v) is 20.7. The predicted octanol–water partition coefficient (Wildman–Crippen LogP) is 1.92. The number of thioether (sulfide) groups is 1. The van der Waals surface area contributed by atoms with E-state index in [-0.39, 0.29) is 12.0 Å². The molecule has 3 aliphatic rings. The van der Waals surface area contributed by atoms with Crippen molar-refractivity contribution < 1.29 is 9.53 Å². The van der Waals surface area contributed by atoms with Crippen LogP contribution in [0.5, 0.6) is 0 Å². The van der Waals surface area contributed by atoms with E-state index in [2.05, 4.69) is 41.5 Å². The minimum absolute atomic E-state index is 0.138. The highest BCUT2D eigenvalue weighted by atomic mass is 32.2. The number of aromatic nitrogens is 5. The number of rotatable bonds is 7. The molecule has 0 radical (unpaired) electrons. The third kappa shape index (κ3) is 5.46. The molecule has 34 heavy (non-hydrogen) atoms. The van der Waals surface area contributed by atoms with Gasteiger partial charge in [-0.2, -0.15) is 0 Å². The maximum Gasteiger partial charge on any atom is 0.233 e. The van der Waals surface area contributed by atoms with Crippen molar-refractivity contribution in [2.75, 3.05) is 61.4 Å². The molecule has 1 amide bonds. The first-order valence-corrected chi connectivity index (χ1v) is 13.4. The second-order valence-electron chi connectivity index (χ2n) is 9.40. The van der Waals surface area contributed by atoms with E-state index in [0.29, 0.717) is 18.8 Å². The molecule has 0 aromatic carbocycles. The van der Waals surface area contributed by atoms with Gasteiger partial charge in [-0.05, 0) is 37.7 Å². The quantitative estimate of drug-likeness (QED) is 0.544. The summed E-state index contributed by atoms with van der Waals surface area (Å²) >= 11 is 1.49. The van der Waals surface area contributed by atoms with Crippen LogP contribution in [0, 0.1) is 5.92 Å². The molecule has 0 bridgehead atoms. The molecule has 5 rings (SSSR count). The Morgan fingerprint density at radius 3 is 2.50 bits per heavy atom. The minimum atomic E-state index is 0.138. The van der Waals surface area contributed by atoms with Crippen LogP contribution in [0.2, 0.25) is 0 Å². The second kappa shape index (κ2) is 10.9. The van der Waals surface area contributed by atoms with Gasteiger partial charge in [0.1, 0.15) is 0 Å². The number of piperidine rings is 1. The number of ether oxygens (including phenoxy) is 1. The SMILES string of the molecule is CC1CCN(c2nnc(SCC(=O)N3CCN(c4ncccn4)CC3)n2CC2CCCO2)CC1. The van der Waals surface area contributed by atoms with E-state index in [9.17, 15) is 4.79 Å². The van der Waals surface area contributed by atoms with E-state index < -0.39 is 0 Å². The number of carbonyl (C=O) groups excluding carboxylic acids is 1. The Bertz CT molecular complexity index is 936. The number of hydrogen-bond donors (Lipinski definition) is 0. The summed E-state index contributed by atoms with van der Waals surface area (Å²) in [5, 5.41) is 9.88. The fourth-order valence-electron chi connectivity index (χ4n) is 4.81. The molecule has 5 heterocycles.